The standard InChI is InChI=1S/C23H20BrNO3S2/c1-5-9-28-21-18(24)11-16(12-19(21)27-6-2)13-20-22(26)25(23(29)30-20)17-8-7-14(3)15(4)10-17/h1,7-8,10-13H,6,9H2,2-4H3/b20-13-. The Labute approximate surface area is 194 Å². The molecule has 2 aromatic rings. The van der Waals surface area contributed by atoms with Gasteiger partial charge in [-0.25, -0.2) is 0 Å². The number of carbonyl (C=O) groups is 1. The molecule has 0 saturated carbocycles. The molecule has 1 fully saturated rings. The topological polar surface area (TPSA) is 38.8 Å². The van der Waals surface area contributed by atoms with Crippen molar-refractivity contribution in [1.29, 1.82) is 0 Å². The molecule has 0 aromatic heterocycles. The predicted molar refractivity (Wildman–Crippen MR) is 131 cm³/mol. The van der Waals surface area contributed by atoms with Crippen molar-refractivity contribution < 1.29 is 14.3 Å². The molecular formula is C23H20BrNO3S2. The third kappa shape index (κ3) is 4.72. The summed E-state index contributed by atoms with van der Waals surface area (Å²) in [5, 5.41) is 0. The Hall–Kier alpha value is -2.27. The van der Waals surface area contributed by atoms with E-state index in [9.17, 15) is 4.79 Å². The summed E-state index contributed by atoms with van der Waals surface area (Å²) in [6, 6.07) is 9.56. The van der Waals surface area contributed by atoms with Gasteiger partial charge in [-0.1, -0.05) is 36.0 Å². The van der Waals surface area contributed by atoms with Gasteiger partial charge >= 0.3 is 0 Å². The molecule has 1 aliphatic heterocycles. The van der Waals surface area contributed by atoms with Gasteiger partial charge in [0.1, 0.15) is 6.61 Å². The van der Waals surface area contributed by atoms with Gasteiger partial charge in [-0.2, -0.15) is 0 Å². The van der Waals surface area contributed by atoms with Crippen molar-refractivity contribution in [3.8, 4) is 23.8 Å². The molecule has 0 atom stereocenters. The van der Waals surface area contributed by atoms with Crippen LogP contribution in [0, 0.1) is 26.2 Å². The van der Waals surface area contributed by atoms with Gasteiger partial charge in [0.25, 0.3) is 5.91 Å². The van der Waals surface area contributed by atoms with Crippen LogP contribution in [-0.4, -0.2) is 23.4 Å². The number of aryl methyl sites for hydroxylation is 2. The second-order valence-corrected chi connectivity index (χ2v) is 9.07. The maximum atomic E-state index is 13.1. The first-order valence-electron chi connectivity index (χ1n) is 9.23. The van der Waals surface area contributed by atoms with Crippen LogP contribution < -0.4 is 14.4 Å². The van der Waals surface area contributed by atoms with Crippen LogP contribution in [0.3, 0.4) is 0 Å². The quantitative estimate of drug-likeness (QED) is 0.280. The maximum absolute atomic E-state index is 13.1. The SMILES string of the molecule is C#CCOc1c(Br)cc(/C=C2\SC(=S)N(c3ccc(C)c(C)c3)C2=O)cc1OCC. The Morgan fingerprint density at radius 1 is 1.23 bits per heavy atom. The monoisotopic (exact) mass is 501 g/mol. The van der Waals surface area contributed by atoms with E-state index in [4.69, 9.17) is 28.1 Å². The summed E-state index contributed by atoms with van der Waals surface area (Å²) in [5.74, 6) is 3.39. The average molecular weight is 502 g/mol. The van der Waals surface area contributed by atoms with E-state index in [1.807, 2.05) is 51.1 Å². The number of thiocarbonyl (C=S) groups is 1. The Morgan fingerprint density at radius 2 is 2.00 bits per heavy atom. The van der Waals surface area contributed by atoms with E-state index in [1.165, 1.54) is 17.3 Å². The minimum absolute atomic E-state index is 0.132. The second-order valence-electron chi connectivity index (χ2n) is 6.54. The summed E-state index contributed by atoms with van der Waals surface area (Å²) in [6.45, 7) is 6.54. The predicted octanol–water partition coefficient (Wildman–Crippen LogP) is 5.88. The molecule has 2 aromatic carbocycles. The van der Waals surface area contributed by atoms with Crippen LogP contribution in [0.15, 0.2) is 39.7 Å². The lowest BCUT2D eigenvalue weighted by Gasteiger charge is -2.16. The number of rotatable bonds is 6. The van der Waals surface area contributed by atoms with Crippen molar-refractivity contribution >= 4 is 61.9 Å². The fraction of sp³-hybridized carbons (Fsp3) is 0.217. The van der Waals surface area contributed by atoms with Gasteiger partial charge in [0.2, 0.25) is 0 Å². The summed E-state index contributed by atoms with van der Waals surface area (Å²) < 4.78 is 12.5. The van der Waals surface area contributed by atoms with Crippen LogP contribution in [0.5, 0.6) is 11.5 Å². The van der Waals surface area contributed by atoms with Crippen molar-refractivity contribution in [3.05, 3.63) is 56.4 Å². The van der Waals surface area contributed by atoms with Crippen molar-refractivity contribution in [2.75, 3.05) is 18.1 Å². The normalized spacial score (nSPS) is 14.9. The van der Waals surface area contributed by atoms with Crippen molar-refractivity contribution in [2.24, 2.45) is 0 Å². The summed E-state index contributed by atoms with van der Waals surface area (Å²) in [6.07, 6.45) is 7.10. The minimum atomic E-state index is -0.144. The molecule has 0 N–H and O–H groups in total. The highest BCUT2D eigenvalue weighted by Crippen LogP contribution is 2.40. The van der Waals surface area contributed by atoms with Gasteiger partial charge < -0.3 is 9.47 Å². The molecule has 4 nitrogen and oxygen atoms in total. The van der Waals surface area contributed by atoms with Crippen molar-refractivity contribution in [3.63, 3.8) is 0 Å². The number of hydrogen-bond donors (Lipinski definition) is 0. The highest BCUT2D eigenvalue weighted by atomic mass is 79.9. The zero-order chi connectivity index (χ0) is 21.8. The smallest absolute Gasteiger partial charge is 0.270 e. The molecular weight excluding hydrogens is 482 g/mol. The zero-order valence-corrected chi connectivity index (χ0v) is 20.0. The molecule has 0 unspecified atom stereocenters. The number of ether oxygens (including phenoxy) is 2. The molecule has 0 spiro atoms. The van der Waals surface area contributed by atoms with Crippen molar-refractivity contribution in [2.45, 2.75) is 20.8 Å². The third-order valence-corrected chi connectivity index (χ3v) is 6.36. The lowest BCUT2D eigenvalue weighted by molar-refractivity contribution is -0.113. The molecule has 0 radical (unpaired) electrons. The number of thioether (sulfide) groups is 1. The number of amides is 1. The summed E-state index contributed by atoms with van der Waals surface area (Å²) in [4.78, 5) is 15.2. The Bertz CT molecular complexity index is 1090. The molecule has 3 rings (SSSR count). The number of terminal acetylenes is 1. The molecule has 1 aliphatic rings. The largest absolute Gasteiger partial charge is 0.490 e. The zero-order valence-electron chi connectivity index (χ0n) is 16.8. The molecule has 1 amide bonds. The number of nitrogens with zero attached hydrogens (tertiary/aromatic N) is 1. The van der Waals surface area contributed by atoms with Crippen LogP contribution in [-0.2, 0) is 4.79 Å². The first kappa shape index (κ1) is 22.4. The summed E-state index contributed by atoms with van der Waals surface area (Å²) in [7, 11) is 0. The van der Waals surface area contributed by atoms with Crippen LogP contribution in [0.4, 0.5) is 5.69 Å². The van der Waals surface area contributed by atoms with Gasteiger partial charge in [-0.3, -0.25) is 9.69 Å². The molecule has 1 saturated heterocycles. The van der Waals surface area contributed by atoms with E-state index in [0.29, 0.717) is 31.8 Å². The van der Waals surface area contributed by atoms with Gasteiger partial charge in [-0.15, -0.1) is 6.42 Å². The maximum Gasteiger partial charge on any atom is 0.270 e. The molecule has 1 heterocycles. The molecule has 0 bridgehead atoms. The lowest BCUT2D eigenvalue weighted by Crippen LogP contribution is -2.27. The van der Waals surface area contributed by atoms with E-state index in [2.05, 4.69) is 21.9 Å². The van der Waals surface area contributed by atoms with Gasteiger partial charge in [0.05, 0.1) is 21.7 Å². The van der Waals surface area contributed by atoms with E-state index in [0.717, 1.165) is 16.8 Å². The highest BCUT2D eigenvalue weighted by Gasteiger charge is 2.33. The van der Waals surface area contributed by atoms with E-state index < -0.39 is 0 Å². The number of halogens is 1. The number of hydrogen-bond acceptors (Lipinski definition) is 5. The van der Waals surface area contributed by atoms with E-state index in [1.54, 1.807) is 11.0 Å². The third-order valence-electron chi connectivity index (χ3n) is 4.47. The molecule has 7 heteroatoms. The van der Waals surface area contributed by atoms with Crippen LogP contribution in [0.1, 0.15) is 23.6 Å². The molecule has 154 valence electrons. The van der Waals surface area contributed by atoms with E-state index >= 15 is 0 Å². The van der Waals surface area contributed by atoms with Crippen LogP contribution in [0.2, 0.25) is 0 Å². The molecule has 0 aliphatic carbocycles. The molecule has 30 heavy (non-hydrogen) atoms. The average Bonchev–Trinajstić information content (AvgIpc) is 2.97. The van der Waals surface area contributed by atoms with Crippen LogP contribution in [0.25, 0.3) is 6.08 Å². The van der Waals surface area contributed by atoms with Gasteiger partial charge in [0.15, 0.2) is 15.8 Å². The number of anilines is 1. The van der Waals surface area contributed by atoms with Crippen molar-refractivity contribution in [1.82, 2.24) is 0 Å². The number of benzene rings is 2. The Balaban J connectivity index is 1.95. The lowest BCUT2D eigenvalue weighted by atomic mass is 10.1. The summed E-state index contributed by atoms with van der Waals surface area (Å²) in [5.41, 5.74) is 3.84. The summed E-state index contributed by atoms with van der Waals surface area (Å²) >= 11 is 10.3. The Morgan fingerprint density at radius 3 is 2.67 bits per heavy atom. The first-order valence-corrected chi connectivity index (χ1v) is 11.2. The van der Waals surface area contributed by atoms with E-state index in [-0.39, 0.29) is 12.5 Å². The van der Waals surface area contributed by atoms with Gasteiger partial charge in [-0.05, 0) is 83.7 Å². The fourth-order valence-electron chi connectivity index (χ4n) is 2.89. The van der Waals surface area contributed by atoms with Gasteiger partial charge in [0, 0.05) is 0 Å². The fourth-order valence-corrected chi connectivity index (χ4v) is 4.77. The highest BCUT2D eigenvalue weighted by molar-refractivity contribution is 9.10. The number of carbonyl (C=O) groups excluding carboxylic acids is 1. The second kappa shape index (κ2) is 9.69. The first-order chi connectivity index (χ1) is 14.3. The Kier molecular flexibility index (Phi) is 7.24. The minimum Gasteiger partial charge on any atom is -0.490 e. The van der Waals surface area contributed by atoms with Crippen LogP contribution >= 0.6 is 39.9 Å².